The van der Waals surface area contributed by atoms with Gasteiger partial charge in [0.15, 0.2) is 0 Å². The molecule has 0 bridgehead atoms. The summed E-state index contributed by atoms with van der Waals surface area (Å²) < 4.78 is 0. The quantitative estimate of drug-likeness (QED) is 0.689. The van der Waals surface area contributed by atoms with Crippen LogP contribution in [0.15, 0.2) is 12.5 Å². The summed E-state index contributed by atoms with van der Waals surface area (Å²) in [7, 11) is 1.55. The van der Waals surface area contributed by atoms with Gasteiger partial charge in [-0.05, 0) is 0 Å². The Kier molecular flexibility index (Phi) is 2.09. The Morgan fingerprint density at radius 3 is 3.07 bits per heavy atom. The lowest BCUT2D eigenvalue weighted by Crippen LogP contribution is -2.17. The topological polar surface area (TPSA) is 70.7 Å². The van der Waals surface area contributed by atoms with Crippen molar-refractivity contribution in [2.75, 3.05) is 7.05 Å². The van der Waals surface area contributed by atoms with E-state index in [0.717, 1.165) is 0 Å². The van der Waals surface area contributed by atoms with Gasteiger partial charge in [0.1, 0.15) is 17.1 Å². The van der Waals surface area contributed by atoms with E-state index in [0.29, 0.717) is 16.6 Å². The first-order chi connectivity index (χ1) is 6.74. The van der Waals surface area contributed by atoms with Crippen LogP contribution in [0.2, 0.25) is 5.15 Å². The lowest BCUT2D eigenvalue weighted by molar-refractivity contribution is 0.0964. The number of fused-ring (bicyclic) bond motifs is 1. The second-order valence-corrected chi connectivity index (χ2v) is 3.03. The van der Waals surface area contributed by atoms with E-state index in [1.54, 1.807) is 13.2 Å². The number of carbonyl (C=O) groups is 1. The molecule has 1 amide bonds. The average molecular weight is 211 g/mol. The van der Waals surface area contributed by atoms with Crippen molar-refractivity contribution in [3.8, 4) is 0 Å². The van der Waals surface area contributed by atoms with Gasteiger partial charge in [-0.3, -0.25) is 4.79 Å². The van der Waals surface area contributed by atoms with Crippen LogP contribution in [-0.4, -0.2) is 27.9 Å². The van der Waals surface area contributed by atoms with Gasteiger partial charge in [-0.25, -0.2) is 9.97 Å². The van der Waals surface area contributed by atoms with Crippen molar-refractivity contribution in [1.82, 2.24) is 20.3 Å². The summed E-state index contributed by atoms with van der Waals surface area (Å²) in [5.41, 5.74) is 1.01. The summed E-state index contributed by atoms with van der Waals surface area (Å²) in [5, 5.41) is 3.34. The Hall–Kier alpha value is -1.62. The molecule has 5 nitrogen and oxygen atoms in total. The van der Waals surface area contributed by atoms with Gasteiger partial charge < -0.3 is 10.3 Å². The summed E-state index contributed by atoms with van der Waals surface area (Å²) >= 11 is 5.85. The molecule has 0 aromatic carbocycles. The Bertz CT molecular complexity index is 493. The second-order valence-electron chi connectivity index (χ2n) is 2.67. The molecule has 0 radical (unpaired) electrons. The molecule has 0 saturated carbocycles. The van der Waals surface area contributed by atoms with E-state index in [2.05, 4.69) is 20.3 Å². The van der Waals surface area contributed by atoms with Gasteiger partial charge in [0.25, 0.3) is 5.91 Å². The highest BCUT2D eigenvalue weighted by atomic mass is 35.5. The van der Waals surface area contributed by atoms with Crippen molar-refractivity contribution in [3.05, 3.63) is 23.2 Å². The zero-order valence-corrected chi connectivity index (χ0v) is 8.09. The van der Waals surface area contributed by atoms with Gasteiger partial charge in [-0.15, -0.1) is 0 Å². The number of nitrogens with one attached hydrogen (secondary N) is 2. The van der Waals surface area contributed by atoms with E-state index in [-0.39, 0.29) is 11.1 Å². The minimum Gasteiger partial charge on any atom is -0.355 e. The molecule has 14 heavy (non-hydrogen) atoms. The number of hydrogen-bond donors (Lipinski definition) is 2. The van der Waals surface area contributed by atoms with E-state index >= 15 is 0 Å². The van der Waals surface area contributed by atoms with E-state index in [9.17, 15) is 4.79 Å². The van der Waals surface area contributed by atoms with Crippen LogP contribution in [0.1, 0.15) is 10.4 Å². The van der Waals surface area contributed by atoms with Crippen LogP contribution < -0.4 is 5.32 Å². The van der Waals surface area contributed by atoms with Crippen LogP contribution in [0.25, 0.3) is 11.0 Å². The van der Waals surface area contributed by atoms with Crippen molar-refractivity contribution in [1.29, 1.82) is 0 Å². The van der Waals surface area contributed by atoms with Crippen molar-refractivity contribution in [2.24, 2.45) is 0 Å². The third-order valence-electron chi connectivity index (χ3n) is 1.90. The Morgan fingerprint density at radius 2 is 2.36 bits per heavy atom. The molecule has 0 saturated heterocycles. The van der Waals surface area contributed by atoms with Crippen molar-refractivity contribution < 1.29 is 4.79 Å². The van der Waals surface area contributed by atoms with E-state index in [1.807, 2.05) is 0 Å². The number of H-pyrrole nitrogens is 1. The first-order valence-corrected chi connectivity index (χ1v) is 4.31. The van der Waals surface area contributed by atoms with Crippen LogP contribution in [0, 0.1) is 0 Å². The number of carbonyl (C=O) groups excluding carboxylic acids is 1. The molecule has 0 aliphatic rings. The molecule has 0 spiro atoms. The predicted octanol–water partition coefficient (Wildman–Crippen LogP) is 0.971. The van der Waals surface area contributed by atoms with Crippen LogP contribution in [-0.2, 0) is 0 Å². The van der Waals surface area contributed by atoms with Gasteiger partial charge in [-0.1, -0.05) is 11.6 Å². The lowest BCUT2D eigenvalue weighted by atomic mass is 10.2. The standard InChI is InChI=1S/C8H7ClN4O/c1-10-8(14)4-2-11-7-5(4)6(9)12-3-13-7/h2-3H,1H3,(H,10,14)(H,11,12,13). The monoisotopic (exact) mass is 210 g/mol. The number of hydrogen-bond acceptors (Lipinski definition) is 3. The summed E-state index contributed by atoms with van der Waals surface area (Å²) in [5.74, 6) is -0.215. The SMILES string of the molecule is CNC(=O)c1c[nH]c2ncnc(Cl)c12. The number of halogens is 1. The summed E-state index contributed by atoms with van der Waals surface area (Å²) in [6, 6.07) is 0. The molecule has 2 N–H and O–H groups in total. The lowest BCUT2D eigenvalue weighted by Gasteiger charge is -1.97. The van der Waals surface area contributed by atoms with E-state index < -0.39 is 0 Å². The third-order valence-corrected chi connectivity index (χ3v) is 2.18. The number of rotatable bonds is 1. The molecule has 2 heterocycles. The fourth-order valence-corrected chi connectivity index (χ4v) is 1.47. The predicted molar refractivity (Wildman–Crippen MR) is 52.3 cm³/mol. The highest BCUT2D eigenvalue weighted by molar-refractivity contribution is 6.35. The van der Waals surface area contributed by atoms with Crippen LogP contribution in [0.3, 0.4) is 0 Å². The number of aromatic amines is 1. The van der Waals surface area contributed by atoms with E-state index in [1.165, 1.54) is 6.33 Å². The second kappa shape index (κ2) is 3.26. The Labute approximate surface area is 84.5 Å². The molecule has 2 aromatic heterocycles. The van der Waals surface area contributed by atoms with Gasteiger partial charge >= 0.3 is 0 Å². The van der Waals surface area contributed by atoms with E-state index in [4.69, 9.17) is 11.6 Å². The highest BCUT2D eigenvalue weighted by Crippen LogP contribution is 2.22. The fraction of sp³-hybridized carbons (Fsp3) is 0.125. The third kappa shape index (κ3) is 1.22. The molecule has 0 unspecified atom stereocenters. The molecule has 2 rings (SSSR count). The van der Waals surface area contributed by atoms with Crippen LogP contribution in [0.5, 0.6) is 0 Å². The zero-order valence-electron chi connectivity index (χ0n) is 7.34. The number of aromatic nitrogens is 3. The minimum atomic E-state index is -0.215. The Morgan fingerprint density at radius 1 is 1.57 bits per heavy atom. The number of nitrogens with zero attached hydrogens (tertiary/aromatic N) is 2. The zero-order chi connectivity index (χ0) is 10.1. The largest absolute Gasteiger partial charge is 0.355 e. The molecule has 6 heteroatoms. The first kappa shape index (κ1) is 8.96. The summed E-state index contributed by atoms with van der Waals surface area (Å²) in [6.45, 7) is 0. The Balaban J connectivity index is 2.73. The van der Waals surface area contributed by atoms with Crippen LogP contribution in [0.4, 0.5) is 0 Å². The van der Waals surface area contributed by atoms with Crippen molar-refractivity contribution in [2.45, 2.75) is 0 Å². The average Bonchev–Trinajstić information content (AvgIpc) is 2.62. The molecule has 72 valence electrons. The van der Waals surface area contributed by atoms with Gasteiger partial charge in [0, 0.05) is 13.2 Å². The molecular weight excluding hydrogens is 204 g/mol. The summed E-state index contributed by atoms with van der Waals surface area (Å²) in [4.78, 5) is 22.0. The summed E-state index contributed by atoms with van der Waals surface area (Å²) in [6.07, 6.45) is 2.90. The maximum absolute atomic E-state index is 11.4. The molecule has 0 aliphatic heterocycles. The van der Waals surface area contributed by atoms with Gasteiger partial charge in [-0.2, -0.15) is 0 Å². The smallest absolute Gasteiger partial charge is 0.253 e. The normalized spacial score (nSPS) is 10.4. The van der Waals surface area contributed by atoms with Crippen molar-refractivity contribution in [3.63, 3.8) is 0 Å². The first-order valence-electron chi connectivity index (χ1n) is 3.93. The molecule has 0 aliphatic carbocycles. The van der Waals surface area contributed by atoms with Gasteiger partial charge in [0.05, 0.1) is 10.9 Å². The maximum atomic E-state index is 11.4. The van der Waals surface area contributed by atoms with Crippen LogP contribution >= 0.6 is 11.6 Å². The molecule has 0 atom stereocenters. The molecule has 2 aromatic rings. The molecular formula is C8H7ClN4O. The minimum absolute atomic E-state index is 0.215. The number of amides is 1. The fourth-order valence-electron chi connectivity index (χ4n) is 1.24. The molecule has 0 fully saturated rings. The maximum Gasteiger partial charge on any atom is 0.253 e. The highest BCUT2D eigenvalue weighted by Gasteiger charge is 2.14. The van der Waals surface area contributed by atoms with Crippen molar-refractivity contribution >= 4 is 28.5 Å². The van der Waals surface area contributed by atoms with Gasteiger partial charge in [0.2, 0.25) is 0 Å².